The van der Waals surface area contributed by atoms with Gasteiger partial charge in [0.25, 0.3) is 0 Å². The summed E-state index contributed by atoms with van der Waals surface area (Å²) in [5.41, 5.74) is 0. The number of halogens is 1. The quantitative estimate of drug-likeness (QED) is 0.778. The summed E-state index contributed by atoms with van der Waals surface area (Å²) in [6.45, 7) is 3.20. The van der Waals surface area contributed by atoms with Crippen LogP contribution in [0.5, 0.6) is 0 Å². The third-order valence-corrected chi connectivity index (χ3v) is 3.66. The molecule has 5 heteroatoms. The van der Waals surface area contributed by atoms with E-state index in [0.717, 1.165) is 15.7 Å². The van der Waals surface area contributed by atoms with Crippen LogP contribution in [0.25, 0.3) is 0 Å². The van der Waals surface area contributed by atoms with Crippen LogP contribution in [0.3, 0.4) is 0 Å². The number of sulfone groups is 1. The summed E-state index contributed by atoms with van der Waals surface area (Å²) in [6, 6.07) is 7.18. The summed E-state index contributed by atoms with van der Waals surface area (Å²) in [5, 5.41) is 4.12. The molecule has 1 aromatic rings. The molecule has 0 bridgehead atoms. The Morgan fingerprint density at radius 1 is 1.40 bits per heavy atom. The Hall–Kier alpha value is -0.710. The highest BCUT2D eigenvalue weighted by Crippen LogP contribution is 2.22. The smallest absolute Gasteiger partial charge is 0.192 e. The Bertz CT molecular complexity index is 478. The van der Waals surface area contributed by atoms with E-state index in [1.54, 1.807) is 18.2 Å². The molecular weight excluding hydrogens is 252 g/mol. The topological polar surface area (TPSA) is 34.1 Å². The Morgan fingerprint density at radius 3 is 2.73 bits per heavy atom. The first kappa shape index (κ1) is 12.4. The lowest BCUT2D eigenvalue weighted by Crippen LogP contribution is -1.84. The van der Waals surface area contributed by atoms with Gasteiger partial charge in [-0.1, -0.05) is 36.0 Å². The Balaban J connectivity index is 2.70. The van der Waals surface area contributed by atoms with Crippen molar-refractivity contribution in [2.75, 3.05) is 0 Å². The molecule has 0 saturated heterocycles. The summed E-state index contributed by atoms with van der Waals surface area (Å²) >= 11 is 7.05. The molecule has 0 unspecified atom stereocenters. The minimum Gasteiger partial charge on any atom is -0.220 e. The molecule has 0 spiro atoms. The van der Waals surface area contributed by atoms with E-state index in [-0.39, 0.29) is 0 Å². The van der Waals surface area contributed by atoms with Gasteiger partial charge in [0.2, 0.25) is 0 Å². The van der Waals surface area contributed by atoms with E-state index in [9.17, 15) is 8.42 Å². The van der Waals surface area contributed by atoms with E-state index in [0.29, 0.717) is 5.02 Å². The van der Waals surface area contributed by atoms with Crippen molar-refractivity contribution in [3.8, 4) is 0 Å². The second kappa shape index (κ2) is 5.39. The second-order valence-corrected chi connectivity index (χ2v) is 5.80. The van der Waals surface area contributed by atoms with E-state index in [1.807, 2.05) is 6.07 Å². The molecule has 0 N–H and O–H groups in total. The standard InChI is InChI=1S/C10H9ClO2S2/c1-2-15(12,13)7-6-14-10-5-3-4-9(11)8-10/h2-8H,1H2. The molecule has 0 saturated carbocycles. The third kappa shape index (κ3) is 4.55. The van der Waals surface area contributed by atoms with E-state index < -0.39 is 9.84 Å². The van der Waals surface area contributed by atoms with Gasteiger partial charge in [-0.25, -0.2) is 8.42 Å². The lowest BCUT2D eigenvalue weighted by molar-refractivity contribution is 0.613. The molecule has 0 heterocycles. The fourth-order valence-corrected chi connectivity index (χ4v) is 2.50. The zero-order valence-corrected chi connectivity index (χ0v) is 10.1. The van der Waals surface area contributed by atoms with Crippen LogP contribution < -0.4 is 0 Å². The van der Waals surface area contributed by atoms with Crippen molar-refractivity contribution in [2.45, 2.75) is 4.90 Å². The van der Waals surface area contributed by atoms with Crippen LogP contribution in [0, 0.1) is 0 Å². The van der Waals surface area contributed by atoms with Gasteiger partial charge in [0.05, 0.1) is 0 Å². The number of hydrogen-bond donors (Lipinski definition) is 0. The molecule has 0 aliphatic heterocycles. The van der Waals surface area contributed by atoms with Gasteiger partial charge in [-0.3, -0.25) is 0 Å². The van der Waals surface area contributed by atoms with Crippen LogP contribution in [0.4, 0.5) is 0 Å². The van der Waals surface area contributed by atoms with Crippen molar-refractivity contribution >= 4 is 33.2 Å². The fourth-order valence-electron chi connectivity index (χ4n) is 0.780. The zero-order valence-electron chi connectivity index (χ0n) is 7.76. The average Bonchev–Trinajstić information content (AvgIpc) is 2.18. The molecule has 0 atom stereocenters. The van der Waals surface area contributed by atoms with E-state index in [1.165, 1.54) is 17.2 Å². The van der Waals surface area contributed by atoms with Crippen LogP contribution in [0.1, 0.15) is 0 Å². The van der Waals surface area contributed by atoms with Gasteiger partial charge >= 0.3 is 0 Å². The maximum atomic E-state index is 11.0. The first-order chi connectivity index (χ1) is 7.03. The monoisotopic (exact) mass is 260 g/mol. The van der Waals surface area contributed by atoms with Crippen LogP contribution in [0.2, 0.25) is 5.02 Å². The molecule has 0 aliphatic carbocycles. The highest BCUT2D eigenvalue weighted by Gasteiger charge is 1.97. The molecule has 1 aromatic carbocycles. The van der Waals surface area contributed by atoms with Crippen LogP contribution in [-0.2, 0) is 9.84 Å². The van der Waals surface area contributed by atoms with E-state index in [2.05, 4.69) is 6.58 Å². The molecule has 0 amide bonds. The minimum atomic E-state index is -3.27. The molecular formula is C10H9ClO2S2. The largest absolute Gasteiger partial charge is 0.220 e. The van der Waals surface area contributed by atoms with Gasteiger partial charge in [0, 0.05) is 20.7 Å². The van der Waals surface area contributed by atoms with Gasteiger partial charge in [-0.15, -0.1) is 0 Å². The Morgan fingerprint density at radius 2 is 2.13 bits per heavy atom. The van der Waals surface area contributed by atoms with Crippen molar-refractivity contribution in [1.29, 1.82) is 0 Å². The third-order valence-electron chi connectivity index (χ3n) is 1.48. The van der Waals surface area contributed by atoms with Gasteiger partial charge in [0.1, 0.15) is 0 Å². The SMILES string of the molecule is C=CS(=O)(=O)C=CSc1cccc(Cl)c1. The summed E-state index contributed by atoms with van der Waals surface area (Å²) in [7, 11) is -3.27. The molecule has 80 valence electrons. The zero-order chi connectivity index (χ0) is 11.3. The molecule has 0 aliphatic rings. The molecule has 1 rings (SSSR count). The van der Waals surface area contributed by atoms with Crippen molar-refractivity contribution in [1.82, 2.24) is 0 Å². The number of rotatable bonds is 4. The van der Waals surface area contributed by atoms with Crippen LogP contribution in [-0.4, -0.2) is 8.42 Å². The lowest BCUT2D eigenvalue weighted by atomic mass is 10.4. The normalized spacial score (nSPS) is 11.8. The number of hydrogen-bond acceptors (Lipinski definition) is 3. The summed E-state index contributed by atoms with van der Waals surface area (Å²) in [4.78, 5) is 0.887. The predicted molar refractivity (Wildman–Crippen MR) is 65.6 cm³/mol. The summed E-state index contributed by atoms with van der Waals surface area (Å²) < 4.78 is 22.0. The fraction of sp³-hybridized carbons (Fsp3) is 0. The van der Waals surface area contributed by atoms with Gasteiger partial charge in [0.15, 0.2) is 9.84 Å². The lowest BCUT2D eigenvalue weighted by Gasteiger charge is -1.95. The number of thioether (sulfide) groups is 1. The average molecular weight is 261 g/mol. The molecule has 0 fully saturated rings. The summed E-state index contributed by atoms with van der Waals surface area (Å²) in [5.74, 6) is 0. The van der Waals surface area contributed by atoms with Gasteiger partial charge in [-0.2, -0.15) is 0 Å². The summed E-state index contributed by atoms with van der Waals surface area (Å²) in [6.07, 6.45) is 0. The van der Waals surface area contributed by atoms with Crippen molar-refractivity contribution in [3.05, 3.63) is 52.1 Å². The van der Waals surface area contributed by atoms with Crippen LogP contribution >= 0.6 is 23.4 Å². The molecule has 15 heavy (non-hydrogen) atoms. The molecule has 0 aromatic heterocycles. The van der Waals surface area contributed by atoms with Crippen LogP contribution in [0.15, 0.2) is 52.0 Å². The first-order valence-corrected chi connectivity index (χ1v) is 6.86. The van der Waals surface area contributed by atoms with Crippen molar-refractivity contribution < 1.29 is 8.42 Å². The highest BCUT2D eigenvalue weighted by molar-refractivity contribution is 8.03. The van der Waals surface area contributed by atoms with Crippen molar-refractivity contribution in [2.24, 2.45) is 0 Å². The van der Waals surface area contributed by atoms with Gasteiger partial charge in [-0.05, 0) is 23.6 Å². The Kier molecular flexibility index (Phi) is 4.45. The molecule has 2 nitrogen and oxygen atoms in total. The highest BCUT2D eigenvalue weighted by atomic mass is 35.5. The van der Waals surface area contributed by atoms with E-state index in [4.69, 9.17) is 11.6 Å². The maximum Gasteiger partial charge on any atom is 0.192 e. The van der Waals surface area contributed by atoms with Crippen molar-refractivity contribution in [3.63, 3.8) is 0 Å². The molecule has 0 radical (unpaired) electrons. The van der Waals surface area contributed by atoms with E-state index >= 15 is 0 Å². The first-order valence-electron chi connectivity index (χ1n) is 4.00. The number of benzene rings is 1. The van der Waals surface area contributed by atoms with Gasteiger partial charge < -0.3 is 0 Å². The predicted octanol–water partition coefficient (Wildman–Crippen LogP) is 3.46. The second-order valence-electron chi connectivity index (χ2n) is 2.60. The minimum absolute atomic E-state index is 0.625. The maximum absolute atomic E-state index is 11.0. The Labute approximate surface area is 98.6 Å².